The maximum absolute atomic E-state index is 12.5. The highest BCUT2D eigenvalue weighted by atomic mass is 33.1. The van der Waals surface area contributed by atoms with Crippen LogP contribution in [0.4, 0.5) is 17.1 Å². The average Bonchev–Trinajstić information content (AvgIpc) is 2.67. The molecule has 0 atom stereocenters. The van der Waals surface area contributed by atoms with E-state index in [1.54, 1.807) is 12.1 Å². The SMILES string of the molecule is CCN(CC)C(=S)SS(=O)(=O)c1ccc(N=Nc2ccc(N(C)C)cc2)cc1. The zero-order chi connectivity index (χ0) is 20.7. The first-order valence-corrected chi connectivity index (χ1v) is 12.0. The third-order valence-corrected chi connectivity index (χ3v) is 7.98. The van der Waals surface area contributed by atoms with Gasteiger partial charge in [0.15, 0.2) is 4.32 Å². The topological polar surface area (TPSA) is 65.3 Å². The lowest BCUT2D eigenvalue weighted by Crippen LogP contribution is -2.27. The highest BCUT2D eigenvalue weighted by Crippen LogP contribution is 2.28. The lowest BCUT2D eigenvalue weighted by molar-refractivity contribution is 0.482. The van der Waals surface area contributed by atoms with Crippen LogP contribution in [-0.4, -0.2) is 44.8 Å². The summed E-state index contributed by atoms with van der Waals surface area (Å²) in [5.74, 6) is 0. The number of thiocarbonyl (C=S) groups is 1. The second-order valence-electron chi connectivity index (χ2n) is 6.08. The molecular formula is C19H24N4O2S3. The Kier molecular flexibility index (Phi) is 7.97. The molecule has 0 aromatic heterocycles. The summed E-state index contributed by atoms with van der Waals surface area (Å²) in [4.78, 5) is 4.03. The number of rotatable bonds is 7. The molecule has 150 valence electrons. The Morgan fingerprint density at radius 2 is 1.39 bits per heavy atom. The van der Waals surface area contributed by atoms with Gasteiger partial charge < -0.3 is 9.80 Å². The highest BCUT2D eigenvalue weighted by molar-refractivity contribution is 8.79. The molecule has 0 bridgehead atoms. The molecule has 9 heteroatoms. The quantitative estimate of drug-likeness (QED) is 0.337. The minimum Gasteiger partial charge on any atom is -0.378 e. The van der Waals surface area contributed by atoms with Crippen LogP contribution in [0.25, 0.3) is 0 Å². The van der Waals surface area contributed by atoms with Crippen molar-refractivity contribution in [1.29, 1.82) is 0 Å². The van der Waals surface area contributed by atoms with Gasteiger partial charge in [0.2, 0.25) is 8.87 Å². The fourth-order valence-corrected chi connectivity index (χ4v) is 5.97. The molecule has 0 N–H and O–H groups in total. The number of hydrogen-bond donors (Lipinski definition) is 0. The van der Waals surface area contributed by atoms with Crippen LogP contribution in [0.5, 0.6) is 0 Å². The van der Waals surface area contributed by atoms with Crippen molar-refractivity contribution in [3.05, 3.63) is 48.5 Å². The van der Waals surface area contributed by atoms with Gasteiger partial charge in [-0.15, -0.1) is 0 Å². The Morgan fingerprint density at radius 3 is 1.82 bits per heavy atom. The Balaban J connectivity index is 2.08. The summed E-state index contributed by atoms with van der Waals surface area (Å²) in [5, 5.41) is 8.35. The van der Waals surface area contributed by atoms with Crippen LogP contribution < -0.4 is 4.90 Å². The summed E-state index contributed by atoms with van der Waals surface area (Å²) < 4.78 is 25.5. The van der Waals surface area contributed by atoms with Crippen molar-refractivity contribution in [3.8, 4) is 0 Å². The summed E-state index contributed by atoms with van der Waals surface area (Å²) >= 11 is 5.24. The largest absolute Gasteiger partial charge is 0.378 e. The molecule has 6 nitrogen and oxygen atoms in total. The van der Waals surface area contributed by atoms with E-state index in [9.17, 15) is 8.42 Å². The van der Waals surface area contributed by atoms with Crippen molar-refractivity contribution in [3.63, 3.8) is 0 Å². The normalized spacial score (nSPS) is 11.6. The summed E-state index contributed by atoms with van der Waals surface area (Å²) in [6, 6.07) is 14.0. The smallest absolute Gasteiger partial charge is 0.236 e. The van der Waals surface area contributed by atoms with Gasteiger partial charge in [0.05, 0.1) is 16.3 Å². The highest BCUT2D eigenvalue weighted by Gasteiger charge is 2.20. The van der Waals surface area contributed by atoms with Crippen LogP contribution in [0.2, 0.25) is 0 Å². The van der Waals surface area contributed by atoms with Gasteiger partial charge in [0, 0.05) is 43.7 Å². The van der Waals surface area contributed by atoms with E-state index < -0.39 is 8.87 Å². The van der Waals surface area contributed by atoms with Crippen molar-refractivity contribution in [2.24, 2.45) is 10.2 Å². The Morgan fingerprint density at radius 1 is 0.929 bits per heavy atom. The fourth-order valence-electron chi connectivity index (χ4n) is 2.29. The van der Waals surface area contributed by atoms with Gasteiger partial charge >= 0.3 is 0 Å². The van der Waals surface area contributed by atoms with Crippen LogP contribution in [0.15, 0.2) is 63.7 Å². The maximum atomic E-state index is 12.5. The van der Waals surface area contributed by atoms with E-state index in [2.05, 4.69) is 10.2 Å². The van der Waals surface area contributed by atoms with Gasteiger partial charge in [-0.25, -0.2) is 8.42 Å². The first-order valence-electron chi connectivity index (χ1n) is 8.79. The Hall–Kier alpha value is -1.97. The minimum absolute atomic E-state index is 0.196. The predicted octanol–water partition coefficient (Wildman–Crippen LogP) is 5.22. The lowest BCUT2D eigenvalue weighted by atomic mass is 10.3. The first kappa shape index (κ1) is 22.3. The second-order valence-corrected chi connectivity index (χ2v) is 10.5. The van der Waals surface area contributed by atoms with E-state index in [1.807, 2.05) is 62.0 Å². The van der Waals surface area contributed by atoms with E-state index in [0.717, 1.165) is 11.4 Å². The van der Waals surface area contributed by atoms with Crippen LogP contribution in [0.3, 0.4) is 0 Å². The molecule has 2 aromatic carbocycles. The average molecular weight is 437 g/mol. The molecule has 0 amide bonds. The van der Waals surface area contributed by atoms with E-state index in [4.69, 9.17) is 12.2 Å². The molecule has 0 aliphatic heterocycles. The van der Waals surface area contributed by atoms with Crippen LogP contribution >= 0.6 is 23.0 Å². The molecule has 0 unspecified atom stereocenters. The Bertz CT molecular complexity index is 921. The number of benzene rings is 2. The van der Waals surface area contributed by atoms with E-state index in [-0.39, 0.29) is 4.90 Å². The number of azo groups is 1. The summed E-state index contributed by atoms with van der Waals surface area (Å²) in [5.41, 5.74) is 2.38. The molecule has 0 saturated heterocycles. The zero-order valence-corrected chi connectivity index (χ0v) is 18.8. The molecule has 0 aliphatic carbocycles. The molecule has 28 heavy (non-hydrogen) atoms. The molecule has 0 saturated carbocycles. The van der Waals surface area contributed by atoms with E-state index >= 15 is 0 Å². The monoisotopic (exact) mass is 436 g/mol. The van der Waals surface area contributed by atoms with Gasteiger partial charge in [-0.05, 0) is 62.4 Å². The molecule has 0 fully saturated rings. The number of nitrogens with zero attached hydrogens (tertiary/aromatic N) is 4. The van der Waals surface area contributed by atoms with Crippen LogP contribution in [0.1, 0.15) is 13.8 Å². The zero-order valence-electron chi connectivity index (χ0n) is 16.4. The van der Waals surface area contributed by atoms with Gasteiger partial charge in [0.25, 0.3) is 0 Å². The van der Waals surface area contributed by atoms with Crippen LogP contribution in [0, 0.1) is 0 Å². The lowest BCUT2D eigenvalue weighted by Gasteiger charge is -2.20. The predicted molar refractivity (Wildman–Crippen MR) is 122 cm³/mol. The minimum atomic E-state index is -3.56. The number of hydrogen-bond acceptors (Lipinski definition) is 7. The molecule has 0 radical (unpaired) electrons. The second kappa shape index (κ2) is 9.99. The molecule has 0 heterocycles. The molecule has 2 rings (SSSR count). The van der Waals surface area contributed by atoms with Gasteiger partial charge in [-0.3, -0.25) is 0 Å². The van der Waals surface area contributed by atoms with Gasteiger partial charge in [-0.1, -0.05) is 12.2 Å². The first-order chi connectivity index (χ1) is 13.3. The summed E-state index contributed by atoms with van der Waals surface area (Å²) in [6.07, 6.45) is 0. The third kappa shape index (κ3) is 6.02. The third-order valence-electron chi connectivity index (χ3n) is 3.98. The van der Waals surface area contributed by atoms with Crippen molar-refractivity contribution >= 4 is 53.3 Å². The molecule has 0 aliphatic rings. The van der Waals surface area contributed by atoms with E-state index in [0.29, 0.717) is 33.9 Å². The molecule has 2 aromatic rings. The standard InChI is InChI=1S/C19H24N4O2S3/c1-5-23(6-2)19(26)27-28(24,25)18-13-9-16(10-14-18)21-20-15-7-11-17(12-8-15)22(3)4/h7-14H,5-6H2,1-4H3. The molecular weight excluding hydrogens is 412 g/mol. The summed E-state index contributed by atoms with van der Waals surface area (Å²) in [7, 11) is 1.08. The number of anilines is 1. The molecule has 0 spiro atoms. The Labute approximate surface area is 176 Å². The van der Waals surface area contributed by atoms with E-state index in [1.165, 1.54) is 12.1 Å². The van der Waals surface area contributed by atoms with Gasteiger partial charge in [-0.2, -0.15) is 10.2 Å². The van der Waals surface area contributed by atoms with Crippen molar-refractivity contribution in [2.75, 3.05) is 32.1 Å². The van der Waals surface area contributed by atoms with Gasteiger partial charge in [0.1, 0.15) is 0 Å². The van der Waals surface area contributed by atoms with Crippen molar-refractivity contribution < 1.29 is 8.42 Å². The summed E-state index contributed by atoms with van der Waals surface area (Å²) in [6.45, 7) is 5.23. The van der Waals surface area contributed by atoms with Crippen molar-refractivity contribution in [2.45, 2.75) is 18.7 Å². The van der Waals surface area contributed by atoms with Crippen molar-refractivity contribution in [1.82, 2.24) is 4.90 Å². The van der Waals surface area contributed by atoms with Crippen LogP contribution in [-0.2, 0) is 8.87 Å². The fraction of sp³-hybridized carbons (Fsp3) is 0.316. The maximum Gasteiger partial charge on any atom is 0.236 e.